The quantitative estimate of drug-likeness (QED) is 0.138. The average molecular weight is 523 g/mol. The SMILES string of the molecule is CCC[C@@H](C=O)NC.CCC[C@H](N)C(C)O.CCC[C@H](N)C(C)OC(C)=O.CCC[C@H](NC)C(=O)O. The lowest BCUT2D eigenvalue weighted by Crippen LogP contribution is -2.35. The minimum Gasteiger partial charge on any atom is -0.480 e. The van der Waals surface area contributed by atoms with Gasteiger partial charge in [-0.1, -0.05) is 53.4 Å². The van der Waals surface area contributed by atoms with Crippen molar-refractivity contribution in [3.63, 3.8) is 0 Å². The Balaban J connectivity index is -0.000000191. The van der Waals surface area contributed by atoms with Crippen molar-refractivity contribution < 1.29 is 29.3 Å². The molecule has 8 N–H and O–H groups in total. The Bertz CT molecular complexity index is 509. The molecule has 0 aliphatic heterocycles. The number of hydrogen-bond donors (Lipinski definition) is 6. The minimum atomic E-state index is -0.764. The molecule has 0 spiro atoms. The van der Waals surface area contributed by atoms with Crippen molar-refractivity contribution in [3.8, 4) is 0 Å². The molecular formula is C26H58N4O6. The van der Waals surface area contributed by atoms with Gasteiger partial charge >= 0.3 is 11.9 Å². The van der Waals surface area contributed by atoms with Gasteiger partial charge in [-0.3, -0.25) is 9.59 Å². The molecule has 0 aromatic heterocycles. The van der Waals surface area contributed by atoms with E-state index in [1.54, 1.807) is 21.0 Å². The first-order chi connectivity index (χ1) is 16.8. The van der Waals surface area contributed by atoms with E-state index in [2.05, 4.69) is 31.4 Å². The number of ether oxygens (including phenoxy) is 1. The summed E-state index contributed by atoms with van der Waals surface area (Å²) in [5, 5.41) is 22.9. The normalized spacial score (nSPS) is 15.0. The molecule has 0 saturated heterocycles. The van der Waals surface area contributed by atoms with Gasteiger partial charge in [0.25, 0.3) is 0 Å². The molecule has 2 unspecified atom stereocenters. The van der Waals surface area contributed by atoms with Gasteiger partial charge in [0.1, 0.15) is 18.4 Å². The maximum atomic E-state index is 10.5. The van der Waals surface area contributed by atoms with E-state index in [0.717, 1.165) is 51.2 Å². The first-order valence-electron chi connectivity index (χ1n) is 13.2. The van der Waals surface area contributed by atoms with Gasteiger partial charge in [-0.25, -0.2) is 0 Å². The van der Waals surface area contributed by atoms with E-state index in [0.29, 0.717) is 6.42 Å². The summed E-state index contributed by atoms with van der Waals surface area (Å²) in [6.45, 7) is 13.1. The van der Waals surface area contributed by atoms with E-state index in [1.807, 2.05) is 13.8 Å². The molecule has 10 heteroatoms. The number of carboxylic acid groups (broad SMARTS) is 1. The monoisotopic (exact) mass is 522 g/mol. The zero-order chi connectivity index (χ0) is 29.1. The van der Waals surface area contributed by atoms with Crippen LogP contribution in [0.1, 0.15) is 99.8 Å². The lowest BCUT2D eigenvalue weighted by molar-refractivity contribution is -0.146. The van der Waals surface area contributed by atoms with E-state index in [1.165, 1.54) is 6.92 Å². The van der Waals surface area contributed by atoms with Crippen molar-refractivity contribution >= 4 is 18.2 Å². The summed E-state index contributed by atoms with van der Waals surface area (Å²) in [5.74, 6) is -1.02. The van der Waals surface area contributed by atoms with E-state index in [9.17, 15) is 14.4 Å². The van der Waals surface area contributed by atoms with Gasteiger partial charge in [0.2, 0.25) is 0 Å². The molecule has 0 aromatic rings. The van der Waals surface area contributed by atoms with Crippen molar-refractivity contribution in [1.29, 1.82) is 0 Å². The number of carboxylic acids is 1. The Kier molecular flexibility index (Phi) is 34.2. The first kappa shape index (κ1) is 41.5. The Morgan fingerprint density at radius 1 is 0.861 bits per heavy atom. The van der Waals surface area contributed by atoms with Gasteiger partial charge in [0.15, 0.2) is 0 Å². The van der Waals surface area contributed by atoms with Crippen molar-refractivity contribution in [1.82, 2.24) is 10.6 Å². The molecule has 0 heterocycles. The Morgan fingerprint density at radius 3 is 1.50 bits per heavy atom. The number of rotatable bonds is 15. The molecular weight excluding hydrogens is 464 g/mol. The molecule has 36 heavy (non-hydrogen) atoms. The average Bonchev–Trinajstić information content (AvgIpc) is 2.81. The van der Waals surface area contributed by atoms with Crippen LogP contribution in [0.2, 0.25) is 0 Å². The van der Waals surface area contributed by atoms with Crippen molar-refractivity contribution in [2.24, 2.45) is 11.5 Å². The van der Waals surface area contributed by atoms with E-state index in [-0.39, 0.29) is 42.3 Å². The van der Waals surface area contributed by atoms with Gasteiger partial charge in [0.05, 0.1) is 12.1 Å². The fourth-order valence-corrected chi connectivity index (χ4v) is 2.76. The molecule has 0 saturated carbocycles. The predicted octanol–water partition coefficient (Wildman–Crippen LogP) is 2.59. The molecule has 0 radical (unpaired) electrons. The summed E-state index contributed by atoms with van der Waals surface area (Å²) in [5.41, 5.74) is 11.2. The third kappa shape index (κ3) is 30.4. The third-order valence-corrected chi connectivity index (χ3v) is 5.18. The van der Waals surface area contributed by atoms with E-state index in [4.69, 9.17) is 26.4 Å². The second-order valence-corrected chi connectivity index (χ2v) is 8.75. The van der Waals surface area contributed by atoms with Crippen LogP contribution < -0.4 is 22.1 Å². The largest absolute Gasteiger partial charge is 0.480 e. The zero-order valence-corrected chi connectivity index (χ0v) is 24.4. The maximum absolute atomic E-state index is 10.5. The third-order valence-electron chi connectivity index (χ3n) is 5.18. The van der Waals surface area contributed by atoms with Crippen LogP contribution in [0, 0.1) is 0 Å². The van der Waals surface area contributed by atoms with E-state index < -0.39 is 5.97 Å². The number of aliphatic hydroxyl groups is 1. The van der Waals surface area contributed by atoms with Crippen LogP contribution in [-0.4, -0.2) is 78.9 Å². The minimum absolute atomic E-state index is 0.0242. The van der Waals surface area contributed by atoms with Crippen LogP contribution in [0.15, 0.2) is 0 Å². The Labute approximate surface area is 220 Å². The van der Waals surface area contributed by atoms with Crippen LogP contribution >= 0.6 is 0 Å². The second kappa shape index (κ2) is 29.6. The van der Waals surface area contributed by atoms with Crippen molar-refractivity contribution in [2.45, 2.75) is 136 Å². The van der Waals surface area contributed by atoms with Crippen LogP contribution in [-0.2, 0) is 19.1 Å². The number of aliphatic carboxylic acids is 1. The van der Waals surface area contributed by atoms with Gasteiger partial charge in [-0.15, -0.1) is 0 Å². The predicted molar refractivity (Wildman–Crippen MR) is 148 cm³/mol. The molecule has 0 aliphatic rings. The molecule has 6 atom stereocenters. The summed E-state index contributed by atoms with van der Waals surface area (Å²) in [6, 6.07) is -0.348. The molecule has 10 nitrogen and oxygen atoms in total. The highest BCUT2D eigenvalue weighted by atomic mass is 16.5. The highest BCUT2D eigenvalue weighted by Gasteiger charge is 2.13. The van der Waals surface area contributed by atoms with Gasteiger partial charge in [-0.2, -0.15) is 0 Å². The number of nitrogens with one attached hydrogen (secondary N) is 2. The number of aliphatic hydroxyl groups excluding tert-OH is 1. The van der Waals surface area contributed by atoms with E-state index >= 15 is 0 Å². The summed E-state index contributed by atoms with van der Waals surface area (Å²) in [6.07, 6.45) is 7.92. The highest BCUT2D eigenvalue weighted by Crippen LogP contribution is 2.03. The fraction of sp³-hybridized carbons (Fsp3) is 0.885. The number of hydrogen-bond acceptors (Lipinski definition) is 9. The molecule has 0 aromatic carbocycles. The molecule has 0 aliphatic carbocycles. The number of esters is 1. The number of carbonyl (C=O) groups is 3. The van der Waals surface area contributed by atoms with Crippen molar-refractivity contribution in [3.05, 3.63) is 0 Å². The smallest absolute Gasteiger partial charge is 0.320 e. The standard InChI is InChI=1S/C8H17NO2.C6H13NO2.C6H13NO.C6H15NO/c1-4-5-8(9)6(2)11-7(3)10;1-3-4-5(7-2)6(8)9;1-3-4-6(5-8)7-2;1-3-4-6(7)5(2)8/h6,8H,4-5,9H2,1-3H3;5,7H,3-4H2,1-2H3,(H,8,9);5-7H,3-4H2,1-2H3;5-6,8H,3-4,7H2,1-2H3/t6?,8-;5-;6-;5?,6-/m0000/s1. The maximum Gasteiger partial charge on any atom is 0.320 e. The topological polar surface area (TPSA) is 177 Å². The van der Waals surface area contributed by atoms with Gasteiger partial charge in [0, 0.05) is 19.0 Å². The highest BCUT2D eigenvalue weighted by molar-refractivity contribution is 5.73. The Hall–Kier alpha value is -1.59. The molecule has 0 fully saturated rings. The zero-order valence-electron chi connectivity index (χ0n) is 24.4. The number of likely N-dealkylation sites (N-methyl/N-ethyl adjacent to an activating group) is 2. The summed E-state index contributed by atoms with van der Waals surface area (Å²) >= 11 is 0. The summed E-state index contributed by atoms with van der Waals surface area (Å²) < 4.78 is 4.90. The van der Waals surface area contributed by atoms with Crippen molar-refractivity contribution in [2.75, 3.05) is 14.1 Å². The van der Waals surface area contributed by atoms with Crippen LogP contribution in [0.25, 0.3) is 0 Å². The number of nitrogens with two attached hydrogens (primary N) is 2. The molecule has 0 rings (SSSR count). The van der Waals surface area contributed by atoms with Gasteiger partial charge < -0.3 is 41.8 Å². The van der Waals surface area contributed by atoms with Crippen LogP contribution in [0.5, 0.6) is 0 Å². The first-order valence-corrected chi connectivity index (χ1v) is 13.2. The molecule has 218 valence electrons. The lowest BCUT2D eigenvalue weighted by atomic mass is 10.1. The lowest BCUT2D eigenvalue weighted by Gasteiger charge is -2.18. The Morgan fingerprint density at radius 2 is 1.31 bits per heavy atom. The second-order valence-electron chi connectivity index (χ2n) is 8.75. The fourth-order valence-electron chi connectivity index (χ4n) is 2.76. The molecule has 0 amide bonds. The summed E-state index contributed by atoms with van der Waals surface area (Å²) in [7, 11) is 3.46. The van der Waals surface area contributed by atoms with Crippen LogP contribution in [0.3, 0.4) is 0 Å². The summed E-state index contributed by atoms with van der Waals surface area (Å²) in [4.78, 5) is 30.8. The van der Waals surface area contributed by atoms with Gasteiger partial charge in [-0.05, 0) is 53.6 Å². The number of carbonyl (C=O) groups excluding carboxylic acids is 2. The number of aldehydes is 1. The molecule has 0 bridgehead atoms. The van der Waals surface area contributed by atoms with Crippen LogP contribution in [0.4, 0.5) is 0 Å².